The van der Waals surface area contributed by atoms with Crippen molar-refractivity contribution in [1.29, 1.82) is 0 Å². The lowest BCUT2D eigenvalue weighted by atomic mass is 9.97. The molecule has 2 amide bonds. The van der Waals surface area contributed by atoms with Gasteiger partial charge in [0.2, 0.25) is 0 Å². The van der Waals surface area contributed by atoms with Gasteiger partial charge in [-0.25, -0.2) is 4.79 Å². The van der Waals surface area contributed by atoms with E-state index in [1.54, 1.807) is 4.90 Å². The number of carbonyl (C=O) groups is 2. The number of hydrogen-bond donors (Lipinski definition) is 1. The highest BCUT2D eigenvalue weighted by molar-refractivity contribution is 5.93. The summed E-state index contributed by atoms with van der Waals surface area (Å²) < 4.78 is 0. The molecule has 1 saturated heterocycles. The fourth-order valence-corrected chi connectivity index (χ4v) is 3.16. The number of benzene rings is 1. The Morgan fingerprint density at radius 3 is 2.71 bits per heavy atom. The SMILES string of the molecule is O=C(O)CC1CN(C(=O)N2CCCCc3ccccc32)C1. The van der Waals surface area contributed by atoms with Crippen molar-refractivity contribution >= 4 is 17.7 Å². The van der Waals surface area contributed by atoms with Crippen molar-refractivity contribution in [3.05, 3.63) is 29.8 Å². The number of rotatable bonds is 2. The highest BCUT2D eigenvalue weighted by Crippen LogP contribution is 2.29. The molecular formula is C16H20N2O3. The molecule has 1 N–H and O–H groups in total. The Kier molecular flexibility index (Phi) is 3.82. The van der Waals surface area contributed by atoms with Crippen LogP contribution >= 0.6 is 0 Å². The normalized spacial score (nSPS) is 18.7. The second-order valence-corrected chi connectivity index (χ2v) is 5.89. The lowest BCUT2D eigenvalue weighted by Gasteiger charge is -2.41. The van der Waals surface area contributed by atoms with Crippen molar-refractivity contribution in [2.75, 3.05) is 24.5 Å². The van der Waals surface area contributed by atoms with Gasteiger partial charge in [-0.1, -0.05) is 18.2 Å². The van der Waals surface area contributed by atoms with Crippen molar-refractivity contribution in [2.45, 2.75) is 25.7 Å². The number of nitrogens with zero attached hydrogens (tertiary/aromatic N) is 2. The minimum Gasteiger partial charge on any atom is -0.481 e. The maximum atomic E-state index is 12.6. The van der Waals surface area contributed by atoms with Crippen LogP contribution in [0.1, 0.15) is 24.8 Å². The highest BCUT2D eigenvalue weighted by Gasteiger charge is 2.35. The topological polar surface area (TPSA) is 60.9 Å². The predicted molar refractivity (Wildman–Crippen MR) is 79.4 cm³/mol. The molecule has 5 heteroatoms. The molecule has 21 heavy (non-hydrogen) atoms. The molecule has 3 rings (SSSR count). The van der Waals surface area contributed by atoms with Crippen LogP contribution in [0.15, 0.2) is 24.3 Å². The molecule has 0 aliphatic carbocycles. The molecule has 1 aromatic carbocycles. The minimum atomic E-state index is -0.785. The molecule has 112 valence electrons. The Hall–Kier alpha value is -2.04. The third-order valence-electron chi connectivity index (χ3n) is 4.28. The largest absolute Gasteiger partial charge is 0.481 e. The van der Waals surface area contributed by atoms with Gasteiger partial charge < -0.3 is 10.0 Å². The smallest absolute Gasteiger partial charge is 0.324 e. The van der Waals surface area contributed by atoms with E-state index < -0.39 is 5.97 Å². The van der Waals surface area contributed by atoms with Crippen LogP contribution in [0.2, 0.25) is 0 Å². The molecule has 1 fully saturated rings. The molecule has 5 nitrogen and oxygen atoms in total. The number of carboxylic acid groups (broad SMARTS) is 1. The lowest BCUT2D eigenvalue weighted by molar-refractivity contribution is -0.139. The van der Waals surface area contributed by atoms with Crippen LogP contribution < -0.4 is 4.90 Å². The second-order valence-electron chi connectivity index (χ2n) is 5.89. The average molecular weight is 288 g/mol. The van der Waals surface area contributed by atoms with Crippen LogP contribution in [-0.2, 0) is 11.2 Å². The van der Waals surface area contributed by atoms with E-state index in [1.807, 2.05) is 23.1 Å². The number of carboxylic acids is 1. The van der Waals surface area contributed by atoms with Crippen molar-refractivity contribution in [1.82, 2.24) is 4.90 Å². The van der Waals surface area contributed by atoms with Crippen LogP contribution in [0, 0.1) is 5.92 Å². The number of anilines is 1. The van der Waals surface area contributed by atoms with Crippen LogP contribution in [0.5, 0.6) is 0 Å². The summed E-state index contributed by atoms with van der Waals surface area (Å²) >= 11 is 0. The molecule has 0 saturated carbocycles. The fraction of sp³-hybridized carbons (Fsp3) is 0.500. The van der Waals surface area contributed by atoms with Gasteiger partial charge in [0, 0.05) is 31.2 Å². The Morgan fingerprint density at radius 2 is 1.95 bits per heavy atom. The molecule has 0 unspecified atom stereocenters. The van der Waals surface area contributed by atoms with Crippen LogP contribution in [-0.4, -0.2) is 41.6 Å². The summed E-state index contributed by atoms with van der Waals surface area (Å²) in [5.74, 6) is -0.680. The summed E-state index contributed by atoms with van der Waals surface area (Å²) in [7, 11) is 0. The maximum absolute atomic E-state index is 12.6. The Labute approximate surface area is 124 Å². The zero-order valence-corrected chi connectivity index (χ0v) is 12.0. The number of fused-ring (bicyclic) bond motifs is 1. The summed E-state index contributed by atoms with van der Waals surface area (Å²) in [4.78, 5) is 26.9. The van der Waals surface area contributed by atoms with Gasteiger partial charge in [-0.15, -0.1) is 0 Å². The molecule has 0 bridgehead atoms. The van der Waals surface area contributed by atoms with Gasteiger partial charge in [0.15, 0.2) is 0 Å². The number of urea groups is 1. The van der Waals surface area contributed by atoms with Gasteiger partial charge in [-0.05, 0) is 30.9 Å². The van der Waals surface area contributed by atoms with E-state index in [0.717, 1.165) is 31.5 Å². The summed E-state index contributed by atoms with van der Waals surface area (Å²) in [6.45, 7) is 1.86. The number of para-hydroxylation sites is 1. The first-order valence-electron chi connectivity index (χ1n) is 7.51. The van der Waals surface area contributed by atoms with E-state index in [-0.39, 0.29) is 18.4 Å². The number of likely N-dealkylation sites (tertiary alicyclic amines) is 1. The average Bonchev–Trinajstić information content (AvgIpc) is 2.63. The fourth-order valence-electron chi connectivity index (χ4n) is 3.16. The first-order chi connectivity index (χ1) is 10.1. The molecule has 0 spiro atoms. The van der Waals surface area contributed by atoms with E-state index in [9.17, 15) is 9.59 Å². The first-order valence-corrected chi connectivity index (χ1v) is 7.51. The Bertz CT molecular complexity index is 552. The third kappa shape index (κ3) is 2.86. The standard InChI is InChI=1S/C16H20N2O3/c19-15(20)9-12-10-17(11-12)16(21)18-8-4-3-6-13-5-1-2-7-14(13)18/h1-2,5,7,12H,3-4,6,8-11H2,(H,19,20). The van der Waals surface area contributed by atoms with Crippen molar-refractivity contribution in [3.63, 3.8) is 0 Å². The van der Waals surface area contributed by atoms with Gasteiger partial charge in [-0.2, -0.15) is 0 Å². The van der Waals surface area contributed by atoms with Crippen LogP contribution in [0.3, 0.4) is 0 Å². The van der Waals surface area contributed by atoms with E-state index >= 15 is 0 Å². The Morgan fingerprint density at radius 1 is 1.19 bits per heavy atom. The molecule has 0 radical (unpaired) electrons. The lowest BCUT2D eigenvalue weighted by Crippen LogP contribution is -2.55. The molecule has 1 aromatic rings. The molecule has 0 aromatic heterocycles. The van der Waals surface area contributed by atoms with Crippen LogP contribution in [0.25, 0.3) is 0 Å². The molecular weight excluding hydrogens is 268 g/mol. The first kappa shape index (κ1) is 13.9. The van der Waals surface area contributed by atoms with Crippen molar-refractivity contribution in [2.24, 2.45) is 5.92 Å². The van der Waals surface area contributed by atoms with Gasteiger partial charge in [0.1, 0.15) is 0 Å². The molecule has 2 aliphatic rings. The third-order valence-corrected chi connectivity index (χ3v) is 4.28. The van der Waals surface area contributed by atoms with Gasteiger partial charge in [0.25, 0.3) is 0 Å². The van der Waals surface area contributed by atoms with Crippen molar-refractivity contribution < 1.29 is 14.7 Å². The summed E-state index contributed by atoms with van der Waals surface area (Å²) in [5.41, 5.74) is 2.24. The predicted octanol–water partition coefficient (Wildman–Crippen LogP) is 2.36. The zero-order chi connectivity index (χ0) is 14.8. The van der Waals surface area contributed by atoms with E-state index in [1.165, 1.54) is 5.56 Å². The molecule has 2 heterocycles. The second kappa shape index (κ2) is 5.76. The Balaban J connectivity index is 1.69. The number of aryl methyl sites for hydroxylation is 1. The number of hydrogen-bond acceptors (Lipinski definition) is 2. The summed E-state index contributed by atoms with van der Waals surface area (Å²) in [6.07, 6.45) is 3.28. The minimum absolute atomic E-state index is 0.0194. The zero-order valence-electron chi connectivity index (χ0n) is 12.0. The molecule has 0 atom stereocenters. The number of aliphatic carboxylic acids is 1. The number of amides is 2. The highest BCUT2D eigenvalue weighted by atomic mass is 16.4. The summed E-state index contributed by atoms with van der Waals surface area (Å²) in [6, 6.07) is 8.09. The molecule has 2 aliphatic heterocycles. The van der Waals surface area contributed by atoms with Crippen molar-refractivity contribution in [3.8, 4) is 0 Å². The van der Waals surface area contributed by atoms with Gasteiger partial charge in [-0.3, -0.25) is 9.69 Å². The monoisotopic (exact) mass is 288 g/mol. The maximum Gasteiger partial charge on any atom is 0.324 e. The summed E-state index contributed by atoms with van der Waals surface area (Å²) in [5, 5.41) is 8.78. The van der Waals surface area contributed by atoms with E-state index in [2.05, 4.69) is 6.07 Å². The quantitative estimate of drug-likeness (QED) is 0.908. The van der Waals surface area contributed by atoms with Gasteiger partial charge >= 0.3 is 12.0 Å². The van der Waals surface area contributed by atoms with Gasteiger partial charge in [0.05, 0.1) is 6.42 Å². The van der Waals surface area contributed by atoms with E-state index in [0.29, 0.717) is 13.1 Å². The number of carbonyl (C=O) groups excluding carboxylic acids is 1. The van der Waals surface area contributed by atoms with Crippen LogP contribution in [0.4, 0.5) is 10.5 Å². The van der Waals surface area contributed by atoms with E-state index in [4.69, 9.17) is 5.11 Å².